The van der Waals surface area contributed by atoms with Crippen LogP contribution in [0.4, 0.5) is 0 Å². The van der Waals surface area contributed by atoms with E-state index >= 15 is 0 Å². The number of rotatable bonds is 2. The zero-order chi connectivity index (χ0) is 9.14. The van der Waals surface area contributed by atoms with Crippen LogP contribution in [0.3, 0.4) is 0 Å². The SMILES string of the molecule is Cc1ccc(CC(=O)O)cc1Br. The molecule has 1 N–H and O–H groups in total. The molecule has 0 bridgehead atoms. The molecule has 3 heteroatoms. The Hall–Kier alpha value is -0.830. The minimum absolute atomic E-state index is 0.0822. The predicted octanol–water partition coefficient (Wildman–Crippen LogP) is 2.38. The van der Waals surface area contributed by atoms with E-state index in [-0.39, 0.29) is 6.42 Å². The average Bonchev–Trinajstić information content (AvgIpc) is 1.96. The number of hydrogen-bond donors (Lipinski definition) is 1. The molecule has 0 amide bonds. The van der Waals surface area contributed by atoms with Crippen LogP contribution >= 0.6 is 15.9 Å². The molecule has 0 aliphatic rings. The van der Waals surface area contributed by atoms with E-state index in [1.165, 1.54) is 0 Å². The summed E-state index contributed by atoms with van der Waals surface area (Å²) in [5.41, 5.74) is 1.93. The second-order valence-electron chi connectivity index (χ2n) is 2.65. The highest BCUT2D eigenvalue weighted by molar-refractivity contribution is 9.10. The molecule has 0 aliphatic heterocycles. The van der Waals surface area contributed by atoms with Gasteiger partial charge in [-0.05, 0) is 24.1 Å². The third-order valence-electron chi connectivity index (χ3n) is 1.59. The molecule has 0 spiro atoms. The molecule has 0 atom stereocenters. The fraction of sp³-hybridized carbons (Fsp3) is 0.222. The van der Waals surface area contributed by atoms with Gasteiger partial charge in [-0.15, -0.1) is 0 Å². The van der Waals surface area contributed by atoms with Crippen LogP contribution in [0.1, 0.15) is 11.1 Å². The molecule has 1 aromatic rings. The molecular weight excluding hydrogens is 220 g/mol. The molecule has 1 aromatic carbocycles. The molecule has 12 heavy (non-hydrogen) atoms. The summed E-state index contributed by atoms with van der Waals surface area (Å²) < 4.78 is 0.959. The molecule has 0 unspecified atom stereocenters. The second-order valence-corrected chi connectivity index (χ2v) is 3.51. The molecule has 0 fully saturated rings. The second kappa shape index (κ2) is 3.72. The molecule has 0 saturated heterocycles. The highest BCUT2D eigenvalue weighted by Gasteiger charge is 2.01. The Kier molecular flexibility index (Phi) is 2.87. The Morgan fingerprint density at radius 1 is 1.58 bits per heavy atom. The van der Waals surface area contributed by atoms with Crippen molar-refractivity contribution in [2.75, 3.05) is 0 Å². The van der Waals surface area contributed by atoms with Gasteiger partial charge < -0.3 is 5.11 Å². The minimum atomic E-state index is -0.800. The molecule has 0 saturated carbocycles. The van der Waals surface area contributed by atoms with Crippen molar-refractivity contribution in [2.24, 2.45) is 0 Å². The van der Waals surface area contributed by atoms with Gasteiger partial charge >= 0.3 is 5.97 Å². The van der Waals surface area contributed by atoms with Gasteiger partial charge in [-0.1, -0.05) is 28.1 Å². The molecule has 0 aromatic heterocycles. The first-order valence-electron chi connectivity index (χ1n) is 3.56. The smallest absolute Gasteiger partial charge is 0.307 e. The first kappa shape index (κ1) is 9.26. The van der Waals surface area contributed by atoms with E-state index in [4.69, 9.17) is 5.11 Å². The lowest BCUT2D eigenvalue weighted by atomic mass is 10.1. The van der Waals surface area contributed by atoms with Gasteiger partial charge in [-0.2, -0.15) is 0 Å². The topological polar surface area (TPSA) is 37.3 Å². The monoisotopic (exact) mass is 228 g/mol. The van der Waals surface area contributed by atoms with Gasteiger partial charge in [0, 0.05) is 4.47 Å². The number of benzene rings is 1. The Labute approximate surface area is 79.3 Å². The van der Waals surface area contributed by atoms with Gasteiger partial charge in [0.1, 0.15) is 0 Å². The summed E-state index contributed by atoms with van der Waals surface area (Å²) in [7, 11) is 0. The lowest BCUT2D eigenvalue weighted by Gasteiger charge is -2.00. The van der Waals surface area contributed by atoms with E-state index in [9.17, 15) is 4.79 Å². The highest BCUT2D eigenvalue weighted by Crippen LogP contribution is 2.17. The lowest BCUT2D eigenvalue weighted by Crippen LogP contribution is -1.99. The largest absolute Gasteiger partial charge is 0.481 e. The zero-order valence-corrected chi connectivity index (χ0v) is 8.26. The van der Waals surface area contributed by atoms with Crippen molar-refractivity contribution in [3.05, 3.63) is 33.8 Å². The van der Waals surface area contributed by atoms with Crippen molar-refractivity contribution in [1.29, 1.82) is 0 Å². The van der Waals surface area contributed by atoms with E-state index in [2.05, 4.69) is 15.9 Å². The highest BCUT2D eigenvalue weighted by atomic mass is 79.9. The quantitative estimate of drug-likeness (QED) is 0.845. The lowest BCUT2D eigenvalue weighted by molar-refractivity contribution is -0.136. The first-order valence-corrected chi connectivity index (χ1v) is 4.35. The van der Waals surface area contributed by atoms with Crippen molar-refractivity contribution < 1.29 is 9.90 Å². The number of carbonyl (C=O) groups is 1. The fourth-order valence-electron chi connectivity index (χ4n) is 0.921. The van der Waals surface area contributed by atoms with E-state index in [0.717, 1.165) is 15.6 Å². The summed E-state index contributed by atoms with van der Waals surface area (Å²) in [5.74, 6) is -0.800. The minimum Gasteiger partial charge on any atom is -0.481 e. The van der Waals surface area contributed by atoms with Crippen LogP contribution in [-0.2, 0) is 11.2 Å². The number of aryl methyl sites for hydroxylation is 1. The van der Waals surface area contributed by atoms with Gasteiger partial charge in [0.2, 0.25) is 0 Å². The van der Waals surface area contributed by atoms with Crippen molar-refractivity contribution in [1.82, 2.24) is 0 Å². The van der Waals surface area contributed by atoms with Crippen LogP contribution in [0.2, 0.25) is 0 Å². The van der Waals surface area contributed by atoms with Crippen LogP contribution in [0.15, 0.2) is 22.7 Å². The molecule has 0 radical (unpaired) electrons. The molecule has 64 valence electrons. The molecule has 1 rings (SSSR count). The van der Waals surface area contributed by atoms with Crippen LogP contribution in [0.25, 0.3) is 0 Å². The van der Waals surface area contributed by atoms with Crippen molar-refractivity contribution >= 4 is 21.9 Å². The third-order valence-corrected chi connectivity index (χ3v) is 2.45. The maximum Gasteiger partial charge on any atom is 0.307 e. The predicted molar refractivity (Wildman–Crippen MR) is 50.2 cm³/mol. The van der Waals surface area contributed by atoms with Gasteiger partial charge in [-0.3, -0.25) is 4.79 Å². The molecular formula is C9H9BrO2. The summed E-state index contributed by atoms with van der Waals surface area (Å²) in [6, 6.07) is 5.57. The Bertz CT molecular complexity index is 307. The first-order chi connectivity index (χ1) is 5.59. The molecule has 2 nitrogen and oxygen atoms in total. The normalized spacial score (nSPS) is 9.83. The van der Waals surface area contributed by atoms with Crippen molar-refractivity contribution in [2.45, 2.75) is 13.3 Å². The Morgan fingerprint density at radius 2 is 2.25 bits per heavy atom. The van der Waals surface area contributed by atoms with E-state index in [1.807, 2.05) is 25.1 Å². The number of aliphatic carboxylic acids is 1. The average molecular weight is 229 g/mol. The third kappa shape index (κ3) is 2.34. The van der Waals surface area contributed by atoms with E-state index < -0.39 is 5.97 Å². The summed E-state index contributed by atoms with van der Waals surface area (Å²) in [5, 5.41) is 8.51. The van der Waals surface area contributed by atoms with Gasteiger partial charge in [0.15, 0.2) is 0 Å². The zero-order valence-electron chi connectivity index (χ0n) is 6.67. The van der Waals surface area contributed by atoms with Gasteiger partial charge in [0.25, 0.3) is 0 Å². The number of halogens is 1. The molecule has 0 heterocycles. The van der Waals surface area contributed by atoms with Crippen LogP contribution < -0.4 is 0 Å². The number of hydrogen-bond acceptors (Lipinski definition) is 1. The number of carboxylic acid groups (broad SMARTS) is 1. The summed E-state index contributed by atoms with van der Waals surface area (Å²) >= 11 is 3.34. The number of carboxylic acids is 1. The maximum absolute atomic E-state index is 10.3. The van der Waals surface area contributed by atoms with Gasteiger partial charge in [-0.25, -0.2) is 0 Å². The van der Waals surface area contributed by atoms with Gasteiger partial charge in [0.05, 0.1) is 6.42 Å². The van der Waals surface area contributed by atoms with E-state index in [1.54, 1.807) is 0 Å². The van der Waals surface area contributed by atoms with E-state index in [0.29, 0.717) is 0 Å². The van der Waals surface area contributed by atoms with Crippen molar-refractivity contribution in [3.8, 4) is 0 Å². The fourth-order valence-corrected chi connectivity index (χ4v) is 1.35. The van der Waals surface area contributed by atoms with Crippen LogP contribution in [-0.4, -0.2) is 11.1 Å². The Morgan fingerprint density at radius 3 is 2.75 bits per heavy atom. The maximum atomic E-state index is 10.3. The summed E-state index contributed by atoms with van der Waals surface area (Å²) in [6.45, 7) is 1.97. The molecule has 0 aliphatic carbocycles. The summed E-state index contributed by atoms with van der Waals surface area (Å²) in [6.07, 6.45) is 0.0822. The van der Waals surface area contributed by atoms with Crippen LogP contribution in [0, 0.1) is 6.92 Å². The van der Waals surface area contributed by atoms with Crippen molar-refractivity contribution in [3.63, 3.8) is 0 Å². The van der Waals surface area contributed by atoms with Crippen LogP contribution in [0.5, 0.6) is 0 Å². The Balaban J connectivity index is 2.89. The summed E-state index contributed by atoms with van der Waals surface area (Å²) in [4.78, 5) is 10.3. The standard InChI is InChI=1S/C9H9BrO2/c1-6-2-3-7(4-8(6)10)5-9(11)12/h2-4H,5H2,1H3,(H,11,12).